The molecule has 3 rings (SSSR count). The van der Waals surface area contributed by atoms with Crippen molar-refractivity contribution in [2.45, 2.75) is 13.2 Å². The minimum absolute atomic E-state index is 0.108. The number of benzene rings is 1. The minimum Gasteiger partial charge on any atom is -0.380 e. The van der Waals surface area contributed by atoms with E-state index in [1.165, 1.54) is 5.56 Å². The third kappa shape index (κ3) is 4.19. The molecule has 1 aliphatic heterocycles. The van der Waals surface area contributed by atoms with Crippen LogP contribution in [0.15, 0.2) is 48.8 Å². The molecule has 0 spiro atoms. The van der Waals surface area contributed by atoms with E-state index in [4.69, 9.17) is 4.74 Å². The monoisotopic (exact) mass is 325 g/mol. The fraction of sp³-hybridized carbons (Fsp3) is 0.368. The molecule has 24 heavy (non-hydrogen) atoms. The molecule has 1 aliphatic rings. The molecule has 0 aliphatic carbocycles. The van der Waals surface area contributed by atoms with Crippen LogP contribution in [0.1, 0.15) is 21.5 Å². The molecular formula is C19H23N3O2. The molecule has 1 aromatic carbocycles. The number of hydrogen-bond donors (Lipinski definition) is 0. The van der Waals surface area contributed by atoms with Gasteiger partial charge in [0.25, 0.3) is 5.91 Å². The summed E-state index contributed by atoms with van der Waals surface area (Å²) in [5.74, 6) is 0.108. The van der Waals surface area contributed by atoms with Gasteiger partial charge < -0.3 is 9.64 Å². The molecule has 5 nitrogen and oxygen atoms in total. The highest BCUT2D eigenvalue weighted by Gasteiger charge is 2.22. The number of rotatable bonds is 5. The summed E-state index contributed by atoms with van der Waals surface area (Å²) in [6, 6.07) is 11.8. The average molecular weight is 325 g/mol. The molecule has 126 valence electrons. The lowest BCUT2D eigenvalue weighted by molar-refractivity contribution is 0.0628. The molecule has 2 aromatic rings. The smallest absolute Gasteiger partial charge is 0.253 e. The molecule has 1 aromatic heterocycles. The number of nitrogens with zero attached hydrogens (tertiary/aromatic N) is 3. The summed E-state index contributed by atoms with van der Waals surface area (Å²) in [5, 5.41) is 0. The fourth-order valence-corrected chi connectivity index (χ4v) is 3.00. The zero-order chi connectivity index (χ0) is 16.8. The van der Waals surface area contributed by atoms with Crippen molar-refractivity contribution in [3.05, 3.63) is 65.5 Å². The van der Waals surface area contributed by atoms with Crippen molar-refractivity contribution in [3.63, 3.8) is 0 Å². The van der Waals surface area contributed by atoms with Crippen molar-refractivity contribution in [1.29, 1.82) is 0 Å². The molecule has 0 radical (unpaired) electrons. The Balaban J connectivity index is 1.56. The number of amides is 1. The van der Waals surface area contributed by atoms with Crippen LogP contribution in [0.3, 0.4) is 0 Å². The topological polar surface area (TPSA) is 45.7 Å². The average Bonchev–Trinajstić information content (AvgIpc) is 2.63. The van der Waals surface area contributed by atoms with Crippen molar-refractivity contribution >= 4 is 5.91 Å². The van der Waals surface area contributed by atoms with Crippen LogP contribution in [0.2, 0.25) is 0 Å². The van der Waals surface area contributed by atoms with E-state index in [-0.39, 0.29) is 5.91 Å². The quantitative estimate of drug-likeness (QED) is 0.845. The number of piperazine rings is 1. The van der Waals surface area contributed by atoms with E-state index < -0.39 is 0 Å². The van der Waals surface area contributed by atoms with Gasteiger partial charge in [0.1, 0.15) is 0 Å². The molecule has 1 amide bonds. The number of hydrogen-bond acceptors (Lipinski definition) is 4. The van der Waals surface area contributed by atoms with Crippen molar-refractivity contribution in [2.75, 3.05) is 33.3 Å². The van der Waals surface area contributed by atoms with Gasteiger partial charge in [-0.25, -0.2) is 0 Å². The van der Waals surface area contributed by atoms with Crippen molar-refractivity contribution in [1.82, 2.24) is 14.8 Å². The molecule has 1 fully saturated rings. The first-order valence-corrected chi connectivity index (χ1v) is 8.24. The van der Waals surface area contributed by atoms with E-state index in [1.807, 2.05) is 53.7 Å². The van der Waals surface area contributed by atoms with Crippen LogP contribution in [-0.4, -0.2) is 54.0 Å². The summed E-state index contributed by atoms with van der Waals surface area (Å²) in [5.41, 5.74) is 3.03. The van der Waals surface area contributed by atoms with E-state index in [1.54, 1.807) is 7.11 Å². The van der Waals surface area contributed by atoms with E-state index in [2.05, 4.69) is 9.88 Å². The second-order valence-electron chi connectivity index (χ2n) is 6.06. The second kappa shape index (κ2) is 8.04. The molecule has 2 heterocycles. The third-order valence-electron chi connectivity index (χ3n) is 4.30. The molecule has 0 N–H and O–H groups in total. The lowest BCUT2D eigenvalue weighted by atomic mass is 10.1. The van der Waals surface area contributed by atoms with E-state index >= 15 is 0 Å². The minimum atomic E-state index is 0.108. The van der Waals surface area contributed by atoms with Gasteiger partial charge in [-0.05, 0) is 35.4 Å². The second-order valence-corrected chi connectivity index (χ2v) is 6.06. The summed E-state index contributed by atoms with van der Waals surface area (Å²) in [4.78, 5) is 21.0. The van der Waals surface area contributed by atoms with E-state index in [9.17, 15) is 4.79 Å². The van der Waals surface area contributed by atoms with Gasteiger partial charge in [-0.15, -0.1) is 0 Å². The molecule has 0 unspecified atom stereocenters. The highest BCUT2D eigenvalue weighted by atomic mass is 16.5. The van der Waals surface area contributed by atoms with Gasteiger partial charge >= 0.3 is 0 Å². The molecule has 5 heteroatoms. The third-order valence-corrected chi connectivity index (χ3v) is 4.30. The fourth-order valence-electron chi connectivity index (χ4n) is 3.00. The predicted octanol–water partition coefficient (Wildman–Crippen LogP) is 2.19. The molecule has 0 saturated carbocycles. The highest BCUT2D eigenvalue weighted by molar-refractivity contribution is 5.94. The summed E-state index contributed by atoms with van der Waals surface area (Å²) in [6.07, 6.45) is 3.64. The largest absolute Gasteiger partial charge is 0.380 e. The Kier molecular flexibility index (Phi) is 5.56. The van der Waals surface area contributed by atoms with Crippen LogP contribution < -0.4 is 0 Å². The number of aromatic nitrogens is 1. The summed E-state index contributed by atoms with van der Waals surface area (Å²) < 4.78 is 5.14. The van der Waals surface area contributed by atoms with Crippen LogP contribution in [0.4, 0.5) is 0 Å². The SMILES string of the molecule is COCc1cccc(C(=O)N2CCN(Cc3ccncc3)CC2)c1. The van der Waals surface area contributed by atoms with Crippen molar-refractivity contribution in [2.24, 2.45) is 0 Å². The van der Waals surface area contributed by atoms with Gasteiger partial charge in [-0.3, -0.25) is 14.7 Å². The van der Waals surface area contributed by atoms with Crippen LogP contribution in [0.25, 0.3) is 0 Å². The van der Waals surface area contributed by atoms with Crippen LogP contribution in [-0.2, 0) is 17.9 Å². The van der Waals surface area contributed by atoms with Gasteiger partial charge in [0.2, 0.25) is 0 Å². The maximum atomic E-state index is 12.7. The standard InChI is InChI=1S/C19H23N3O2/c1-24-15-17-3-2-4-18(13-17)19(23)22-11-9-21(10-12-22)14-16-5-7-20-8-6-16/h2-8,13H,9-12,14-15H2,1H3. The molecule has 1 saturated heterocycles. The highest BCUT2D eigenvalue weighted by Crippen LogP contribution is 2.13. The Morgan fingerprint density at radius 2 is 1.83 bits per heavy atom. The Bertz CT molecular complexity index is 667. The Labute approximate surface area is 142 Å². The van der Waals surface area contributed by atoms with Gasteiger partial charge in [-0.1, -0.05) is 12.1 Å². The number of ether oxygens (including phenoxy) is 1. The number of pyridine rings is 1. The maximum Gasteiger partial charge on any atom is 0.253 e. The number of carbonyl (C=O) groups excluding carboxylic acids is 1. The maximum absolute atomic E-state index is 12.7. The first-order valence-electron chi connectivity index (χ1n) is 8.24. The normalized spacial score (nSPS) is 15.5. The summed E-state index contributed by atoms with van der Waals surface area (Å²) in [7, 11) is 1.66. The summed E-state index contributed by atoms with van der Waals surface area (Å²) in [6.45, 7) is 4.75. The molecular weight excluding hydrogens is 302 g/mol. The Hall–Kier alpha value is -2.24. The zero-order valence-corrected chi connectivity index (χ0v) is 14.0. The van der Waals surface area contributed by atoms with Gasteiger partial charge in [-0.2, -0.15) is 0 Å². The van der Waals surface area contributed by atoms with Gasteiger partial charge in [0, 0.05) is 57.8 Å². The lowest BCUT2D eigenvalue weighted by Crippen LogP contribution is -2.48. The Morgan fingerprint density at radius 1 is 1.08 bits per heavy atom. The lowest BCUT2D eigenvalue weighted by Gasteiger charge is -2.34. The van der Waals surface area contributed by atoms with Crippen molar-refractivity contribution in [3.8, 4) is 0 Å². The van der Waals surface area contributed by atoms with E-state index in [0.717, 1.165) is 43.9 Å². The van der Waals surface area contributed by atoms with Crippen LogP contribution in [0, 0.1) is 0 Å². The predicted molar refractivity (Wildman–Crippen MR) is 92.6 cm³/mol. The van der Waals surface area contributed by atoms with Crippen molar-refractivity contribution < 1.29 is 9.53 Å². The Morgan fingerprint density at radius 3 is 2.54 bits per heavy atom. The molecule has 0 bridgehead atoms. The zero-order valence-electron chi connectivity index (χ0n) is 14.0. The van der Waals surface area contributed by atoms with Crippen LogP contribution >= 0.6 is 0 Å². The van der Waals surface area contributed by atoms with Gasteiger partial charge in [0.05, 0.1) is 6.61 Å². The molecule has 0 atom stereocenters. The summed E-state index contributed by atoms with van der Waals surface area (Å²) >= 11 is 0. The van der Waals surface area contributed by atoms with Crippen LogP contribution in [0.5, 0.6) is 0 Å². The van der Waals surface area contributed by atoms with E-state index in [0.29, 0.717) is 6.61 Å². The first kappa shape index (κ1) is 16.6. The first-order chi connectivity index (χ1) is 11.8. The number of methoxy groups -OCH3 is 1. The number of carbonyl (C=O) groups is 1. The van der Waals surface area contributed by atoms with Gasteiger partial charge in [0.15, 0.2) is 0 Å².